The second-order valence-corrected chi connectivity index (χ2v) is 4.06. The van der Waals surface area contributed by atoms with Crippen LogP contribution in [0.5, 0.6) is 0 Å². The maximum Gasteiger partial charge on any atom is 0.330 e. The van der Waals surface area contributed by atoms with E-state index in [2.05, 4.69) is 25.4 Å². The van der Waals surface area contributed by atoms with Crippen molar-refractivity contribution in [3.8, 4) is 0 Å². The highest BCUT2D eigenvalue weighted by Gasteiger charge is 1.99. The summed E-state index contributed by atoms with van der Waals surface area (Å²) in [5.41, 5.74) is 0.824. The third-order valence-electron chi connectivity index (χ3n) is 1.19. The van der Waals surface area contributed by atoms with Gasteiger partial charge in [-0.05, 0) is 15.9 Å². The van der Waals surface area contributed by atoms with Gasteiger partial charge in [-0.3, -0.25) is 4.28 Å². The predicted octanol–water partition coefficient (Wildman–Crippen LogP) is 2.58. The lowest BCUT2D eigenvalue weighted by molar-refractivity contribution is 0.385. The maximum atomic E-state index is 10.3. The Hall–Kier alpha value is -0.390. The van der Waals surface area contributed by atoms with Crippen molar-refractivity contribution in [1.82, 2.24) is 0 Å². The van der Waals surface area contributed by atoms with Crippen LogP contribution in [0, 0.1) is 0 Å². The fourth-order valence-corrected chi connectivity index (χ4v) is 1.34. The third-order valence-corrected chi connectivity index (χ3v) is 2.15. The van der Waals surface area contributed by atoms with Crippen molar-refractivity contribution in [2.75, 3.05) is 0 Å². The highest BCUT2D eigenvalue weighted by atomic mass is 79.9. The Kier molecular flexibility index (Phi) is 4.41. The first-order chi connectivity index (χ1) is 6.20. The molecule has 0 spiro atoms. The molecule has 1 atom stereocenters. The molecule has 0 radical (unpaired) electrons. The fourth-order valence-electron chi connectivity index (χ4n) is 0.690. The van der Waals surface area contributed by atoms with Crippen molar-refractivity contribution < 1.29 is 8.49 Å². The van der Waals surface area contributed by atoms with Gasteiger partial charge in [-0.2, -0.15) is 4.21 Å². The van der Waals surface area contributed by atoms with E-state index in [1.807, 2.05) is 30.3 Å². The molecule has 3 nitrogen and oxygen atoms in total. The maximum absolute atomic E-state index is 10.3. The molecule has 13 heavy (non-hydrogen) atoms. The van der Waals surface area contributed by atoms with Crippen molar-refractivity contribution in [2.24, 2.45) is 5.16 Å². The van der Waals surface area contributed by atoms with Crippen molar-refractivity contribution in [3.05, 3.63) is 35.9 Å². The van der Waals surface area contributed by atoms with Crippen molar-refractivity contribution in [1.29, 1.82) is 0 Å². The first kappa shape index (κ1) is 10.7. The second kappa shape index (κ2) is 5.36. The van der Waals surface area contributed by atoms with Crippen molar-refractivity contribution in [3.63, 3.8) is 0 Å². The summed E-state index contributed by atoms with van der Waals surface area (Å²) in [6.07, 6.45) is 0. The normalized spacial score (nSPS) is 13.8. The summed E-state index contributed by atoms with van der Waals surface area (Å²) in [5.74, 6) is 0. The largest absolute Gasteiger partial charge is 0.330 e. The van der Waals surface area contributed by atoms with E-state index in [4.69, 9.17) is 10.7 Å². The number of halogens is 2. The van der Waals surface area contributed by atoms with Gasteiger partial charge >= 0.3 is 10.3 Å². The van der Waals surface area contributed by atoms with Crippen LogP contribution in [0.2, 0.25) is 0 Å². The summed E-state index contributed by atoms with van der Waals surface area (Å²) in [4.78, 5) is 0. The average Bonchev–Trinajstić information content (AvgIpc) is 2.15. The van der Waals surface area contributed by atoms with E-state index in [1.54, 1.807) is 0 Å². The third kappa shape index (κ3) is 3.89. The first-order valence-corrected chi connectivity index (χ1v) is 5.94. The van der Waals surface area contributed by atoms with Crippen LogP contribution < -0.4 is 0 Å². The number of hydrogen-bond donors (Lipinski definition) is 0. The van der Waals surface area contributed by atoms with Crippen LogP contribution in [0.1, 0.15) is 5.56 Å². The Morgan fingerprint density at radius 1 is 1.46 bits per heavy atom. The molecule has 0 aromatic heterocycles. The van der Waals surface area contributed by atoms with Crippen LogP contribution in [0.3, 0.4) is 0 Å². The van der Waals surface area contributed by atoms with Gasteiger partial charge in [0.15, 0.2) is 4.62 Å². The molecular formula is C7H5BrClNO2S. The van der Waals surface area contributed by atoms with E-state index in [1.165, 1.54) is 0 Å². The minimum Gasteiger partial charge on any atom is -0.274 e. The summed E-state index contributed by atoms with van der Waals surface area (Å²) in [6, 6.07) is 9.24. The molecule has 6 heteroatoms. The molecule has 0 amide bonds. The van der Waals surface area contributed by atoms with Gasteiger partial charge in [0.2, 0.25) is 0 Å². The van der Waals surface area contributed by atoms with E-state index in [-0.39, 0.29) is 0 Å². The Labute approximate surface area is 91.0 Å². The average molecular weight is 283 g/mol. The molecule has 0 bridgehead atoms. The van der Waals surface area contributed by atoms with Gasteiger partial charge in [-0.25, -0.2) is 0 Å². The summed E-state index contributed by atoms with van der Waals surface area (Å²) < 4.78 is 15.1. The molecule has 1 aromatic rings. The second-order valence-electron chi connectivity index (χ2n) is 2.02. The Balaban J connectivity index is 2.73. The highest BCUT2D eigenvalue weighted by molar-refractivity contribution is 9.18. The molecule has 0 saturated carbocycles. The van der Waals surface area contributed by atoms with E-state index >= 15 is 0 Å². The van der Waals surface area contributed by atoms with Crippen LogP contribution in [0.4, 0.5) is 0 Å². The van der Waals surface area contributed by atoms with E-state index in [0.29, 0.717) is 4.62 Å². The van der Waals surface area contributed by atoms with Crippen LogP contribution in [-0.2, 0) is 14.6 Å². The fraction of sp³-hybridized carbons (Fsp3) is 0. The predicted molar refractivity (Wildman–Crippen MR) is 57.0 cm³/mol. The molecule has 0 aliphatic carbocycles. The zero-order valence-corrected chi connectivity index (χ0v) is 9.47. The topological polar surface area (TPSA) is 38.7 Å². The zero-order chi connectivity index (χ0) is 9.68. The molecule has 0 heterocycles. The van der Waals surface area contributed by atoms with Gasteiger partial charge in [0.1, 0.15) is 0 Å². The summed E-state index contributed by atoms with van der Waals surface area (Å²) >= 11 is 3.15. The molecule has 1 rings (SSSR count). The monoisotopic (exact) mass is 281 g/mol. The van der Waals surface area contributed by atoms with E-state index in [0.717, 1.165) is 5.56 Å². The summed E-state index contributed by atoms with van der Waals surface area (Å²) in [7, 11) is 3.13. The van der Waals surface area contributed by atoms with Crippen LogP contribution in [0.25, 0.3) is 0 Å². The molecule has 0 aliphatic heterocycles. The molecule has 0 saturated heterocycles. The number of rotatable bonds is 3. The van der Waals surface area contributed by atoms with Gasteiger partial charge in [0.05, 0.1) is 0 Å². The standard InChI is InChI=1S/C7H5BrClNO2S/c8-7(10-12-13(9)11)6-4-2-1-3-5-6/h1-5H. The Morgan fingerprint density at radius 3 is 2.62 bits per heavy atom. The summed E-state index contributed by atoms with van der Waals surface area (Å²) in [6.45, 7) is 0. The van der Waals surface area contributed by atoms with Gasteiger partial charge < -0.3 is 0 Å². The highest BCUT2D eigenvalue weighted by Crippen LogP contribution is 2.07. The first-order valence-electron chi connectivity index (χ1n) is 3.24. The number of hydrogen-bond acceptors (Lipinski definition) is 3. The molecule has 0 fully saturated rings. The van der Waals surface area contributed by atoms with E-state index in [9.17, 15) is 4.21 Å². The minimum absolute atomic E-state index is 0.446. The van der Waals surface area contributed by atoms with E-state index < -0.39 is 10.3 Å². The molecule has 1 unspecified atom stereocenters. The number of oxime groups is 1. The molecule has 70 valence electrons. The Bertz CT molecular complexity index is 331. The SMILES string of the molecule is O=S(Cl)ON=C(Br)c1ccccc1. The quantitative estimate of drug-likeness (QED) is 0.485. The molecular weight excluding hydrogens is 278 g/mol. The van der Waals surface area contributed by atoms with Gasteiger partial charge in [-0.15, -0.1) is 0 Å². The van der Waals surface area contributed by atoms with Gasteiger partial charge in [0.25, 0.3) is 0 Å². The lowest BCUT2D eigenvalue weighted by Crippen LogP contribution is -1.91. The minimum atomic E-state index is -1.91. The van der Waals surface area contributed by atoms with Crippen molar-refractivity contribution >= 4 is 41.5 Å². The van der Waals surface area contributed by atoms with Crippen LogP contribution >= 0.6 is 26.6 Å². The Morgan fingerprint density at radius 2 is 2.08 bits per heavy atom. The van der Waals surface area contributed by atoms with Crippen LogP contribution in [0.15, 0.2) is 35.5 Å². The molecule has 0 N–H and O–H groups in total. The van der Waals surface area contributed by atoms with Gasteiger partial charge in [-0.1, -0.05) is 35.5 Å². The van der Waals surface area contributed by atoms with Gasteiger partial charge in [0, 0.05) is 16.2 Å². The van der Waals surface area contributed by atoms with Crippen molar-refractivity contribution in [2.45, 2.75) is 0 Å². The zero-order valence-electron chi connectivity index (χ0n) is 6.31. The lowest BCUT2D eigenvalue weighted by Gasteiger charge is -1.95. The van der Waals surface area contributed by atoms with Crippen LogP contribution in [-0.4, -0.2) is 8.83 Å². The smallest absolute Gasteiger partial charge is 0.274 e. The number of benzene rings is 1. The molecule has 1 aromatic carbocycles. The summed E-state index contributed by atoms with van der Waals surface area (Å²) in [5, 5.41) is 3.50. The lowest BCUT2D eigenvalue weighted by atomic mass is 10.2. The molecule has 0 aliphatic rings. The number of nitrogens with zero attached hydrogens (tertiary/aromatic N) is 1.